The molecule has 1 heterocycles. The summed E-state index contributed by atoms with van der Waals surface area (Å²) in [5.41, 5.74) is 1.54. The third-order valence-electron chi connectivity index (χ3n) is 4.79. The first-order chi connectivity index (χ1) is 15.0. The first-order valence-corrected chi connectivity index (χ1v) is 9.80. The van der Waals surface area contributed by atoms with E-state index in [1.807, 2.05) is 13.0 Å². The van der Waals surface area contributed by atoms with Crippen LogP contribution in [0.4, 0.5) is 4.39 Å². The average molecular weight is 425 g/mol. The molecule has 2 aromatic carbocycles. The summed E-state index contributed by atoms with van der Waals surface area (Å²) < 4.78 is 25.3. The molecule has 7 nitrogen and oxygen atoms in total. The number of aryl methyl sites for hydroxylation is 1. The fourth-order valence-electron chi connectivity index (χ4n) is 3.19. The van der Waals surface area contributed by atoms with E-state index in [1.54, 1.807) is 12.1 Å². The smallest absolute Gasteiger partial charge is 0.254 e. The van der Waals surface area contributed by atoms with Crippen molar-refractivity contribution >= 4 is 5.91 Å². The monoisotopic (exact) mass is 425 g/mol. The Morgan fingerprint density at radius 1 is 1.13 bits per heavy atom. The number of methoxy groups -OCH3 is 2. The highest BCUT2D eigenvalue weighted by atomic mass is 19.1. The summed E-state index contributed by atoms with van der Waals surface area (Å²) in [6.07, 6.45) is 0.562. The summed E-state index contributed by atoms with van der Waals surface area (Å²) in [6, 6.07) is 12.4. The number of aromatic nitrogens is 2. The fourth-order valence-corrected chi connectivity index (χ4v) is 3.19. The second-order valence-corrected chi connectivity index (χ2v) is 6.79. The molecular formula is C23H24FN3O4. The summed E-state index contributed by atoms with van der Waals surface area (Å²) >= 11 is 0. The highest BCUT2D eigenvalue weighted by Gasteiger charge is 2.15. The van der Waals surface area contributed by atoms with Crippen LogP contribution in [-0.2, 0) is 24.3 Å². The summed E-state index contributed by atoms with van der Waals surface area (Å²) in [5, 5.41) is 2.80. The Morgan fingerprint density at radius 3 is 2.52 bits per heavy atom. The van der Waals surface area contributed by atoms with Gasteiger partial charge in [-0.25, -0.2) is 9.37 Å². The number of para-hydroxylation sites is 1. The summed E-state index contributed by atoms with van der Waals surface area (Å²) in [5.74, 6) is 0.640. The van der Waals surface area contributed by atoms with E-state index in [2.05, 4.69) is 10.3 Å². The number of carbonyl (C=O) groups is 1. The Kier molecular flexibility index (Phi) is 7.02. The molecule has 3 aromatic rings. The molecule has 3 rings (SSSR count). The Bertz CT molecular complexity index is 1130. The molecule has 0 saturated heterocycles. The Hall–Kier alpha value is -3.68. The Morgan fingerprint density at radius 2 is 1.87 bits per heavy atom. The first-order valence-electron chi connectivity index (χ1n) is 9.80. The van der Waals surface area contributed by atoms with Gasteiger partial charge in [0.15, 0.2) is 11.5 Å². The van der Waals surface area contributed by atoms with Gasteiger partial charge in [-0.1, -0.05) is 19.1 Å². The maximum absolute atomic E-state index is 13.3. The van der Waals surface area contributed by atoms with E-state index in [4.69, 9.17) is 9.47 Å². The maximum Gasteiger partial charge on any atom is 0.254 e. The van der Waals surface area contributed by atoms with Gasteiger partial charge < -0.3 is 14.8 Å². The number of hydrogen-bond acceptors (Lipinski definition) is 5. The zero-order chi connectivity index (χ0) is 22.4. The maximum atomic E-state index is 13.3. The molecule has 31 heavy (non-hydrogen) atoms. The molecule has 0 radical (unpaired) electrons. The van der Waals surface area contributed by atoms with Crippen molar-refractivity contribution in [2.75, 3.05) is 14.2 Å². The molecule has 0 aliphatic carbocycles. The second kappa shape index (κ2) is 9.88. The molecule has 1 amide bonds. The molecule has 8 heteroatoms. The highest BCUT2D eigenvalue weighted by Crippen LogP contribution is 2.30. The van der Waals surface area contributed by atoms with Gasteiger partial charge in [0.05, 0.1) is 14.2 Å². The van der Waals surface area contributed by atoms with Crippen LogP contribution in [-0.4, -0.2) is 29.7 Å². The minimum atomic E-state index is -0.394. The summed E-state index contributed by atoms with van der Waals surface area (Å²) in [6.45, 7) is 1.85. The Labute approximate surface area is 179 Å². The molecule has 0 bridgehead atoms. The van der Waals surface area contributed by atoms with Gasteiger partial charge in [-0.2, -0.15) is 0 Å². The van der Waals surface area contributed by atoms with Crippen LogP contribution in [0.2, 0.25) is 0 Å². The number of ether oxygens (including phenoxy) is 2. The van der Waals surface area contributed by atoms with Crippen molar-refractivity contribution in [1.29, 1.82) is 0 Å². The number of amides is 1. The fraction of sp³-hybridized carbons (Fsp3) is 0.261. The van der Waals surface area contributed by atoms with E-state index in [0.717, 1.165) is 5.56 Å². The van der Waals surface area contributed by atoms with Crippen molar-refractivity contribution in [3.63, 3.8) is 0 Å². The van der Waals surface area contributed by atoms with Crippen molar-refractivity contribution in [3.05, 3.63) is 76.0 Å². The number of halogens is 1. The lowest BCUT2D eigenvalue weighted by atomic mass is 10.1. The molecular weight excluding hydrogens is 401 g/mol. The topological polar surface area (TPSA) is 82.5 Å². The van der Waals surface area contributed by atoms with Gasteiger partial charge in [0.1, 0.15) is 18.2 Å². The second-order valence-electron chi connectivity index (χ2n) is 6.79. The van der Waals surface area contributed by atoms with Gasteiger partial charge in [0.25, 0.3) is 5.56 Å². The standard InChI is InChI=1S/C23H24FN3O4/c1-4-18-12-21(29)27(23(26-18)15-8-10-17(24)11-9-15)14-20(28)25-13-16-6-5-7-19(30-2)22(16)31-3/h5-12H,4,13-14H2,1-3H3,(H,25,28). The van der Waals surface area contributed by atoms with Crippen LogP contribution >= 0.6 is 0 Å². The van der Waals surface area contributed by atoms with Crippen LogP contribution in [0, 0.1) is 5.82 Å². The van der Waals surface area contributed by atoms with E-state index in [9.17, 15) is 14.0 Å². The zero-order valence-electron chi connectivity index (χ0n) is 17.6. The molecule has 0 unspecified atom stereocenters. The number of hydrogen-bond donors (Lipinski definition) is 1. The summed E-state index contributed by atoms with van der Waals surface area (Å²) in [7, 11) is 3.06. The average Bonchev–Trinajstić information content (AvgIpc) is 2.78. The minimum Gasteiger partial charge on any atom is -0.493 e. The van der Waals surface area contributed by atoms with E-state index in [-0.39, 0.29) is 24.6 Å². The van der Waals surface area contributed by atoms with Crippen LogP contribution in [0.25, 0.3) is 11.4 Å². The van der Waals surface area contributed by atoms with Gasteiger partial charge in [-0.15, -0.1) is 0 Å². The predicted octanol–water partition coefficient (Wildman–Crippen LogP) is 2.95. The van der Waals surface area contributed by atoms with Crippen molar-refractivity contribution in [1.82, 2.24) is 14.9 Å². The normalized spacial score (nSPS) is 10.6. The van der Waals surface area contributed by atoms with E-state index in [0.29, 0.717) is 35.0 Å². The minimum absolute atomic E-state index is 0.195. The lowest BCUT2D eigenvalue weighted by Gasteiger charge is -2.15. The zero-order valence-corrected chi connectivity index (χ0v) is 17.6. The van der Waals surface area contributed by atoms with Gasteiger partial charge in [-0.05, 0) is 36.8 Å². The molecule has 1 aromatic heterocycles. The molecule has 0 fully saturated rings. The Balaban J connectivity index is 1.85. The number of carbonyl (C=O) groups excluding carboxylic acids is 1. The van der Waals surface area contributed by atoms with Crippen LogP contribution in [0.3, 0.4) is 0 Å². The molecule has 0 aliphatic rings. The number of nitrogens with zero attached hydrogens (tertiary/aromatic N) is 2. The highest BCUT2D eigenvalue weighted by molar-refractivity contribution is 5.76. The molecule has 0 atom stereocenters. The lowest BCUT2D eigenvalue weighted by Crippen LogP contribution is -2.33. The molecule has 0 spiro atoms. The van der Waals surface area contributed by atoms with Gasteiger partial charge in [0, 0.05) is 29.4 Å². The summed E-state index contributed by atoms with van der Waals surface area (Å²) in [4.78, 5) is 29.8. The number of nitrogens with one attached hydrogen (secondary N) is 1. The van der Waals surface area contributed by atoms with E-state index in [1.165, 1.54) is 49.1 Å². The SMILES string of the molecule is CCc1cc(=O)n(CC(=O)NCc2cccc(OC)c2OC)c(-c2ccc(F)cc2)n1. The largest absolute Gasteiger partial charge is 0.493 e. The molecule has 1 N–H and O–H groups in total. The van der Waals surface area contributed by atoms with Crippen LogP contribution in [0.15, 0.2) is 53.3 Å². The van der Waals surface area contributed by atoms with Gasteiger partial charge in [0.2, 0.25) is 5.91 Å². The molecule has 0 aliphatic heterocycles. The predicted molar refractivity (Wildman–Crippen MR) is 115 cm³/mol. The molecule has 0 saturated carbocycles. The van der Waals surface area contributed by atoms with Crippen LogP contribution in [0.5, 0.6) is 11.5 Å². The number of rotatable bonds is 8. The third-order valence-corrected chi connectivity index (χ3v) is 4.79. The van der Waals surface area contributed by atoms with Crippen molar-refractivity contribution in [3.8, 4) is 22.9 Å². The van der Waals surface area contributed by atoms with Crippen molar-refractivity contribution < 1.29 is 18.7 Å². The van der Waals surface area contributed by atoms with Gasteiger partial charge in [-0.3, -0.25) is 14.2 Å². The number of benzene rings is 2. The van der Waals surface area contributed by atoms with Crippen molar-refractivity contribution in [2.45, 2.75) is 26.4 Å². The van der Waals surface area contributed by atoms with E-state index < -0.39 is 5.82 Å². The van der Waals surface area contributed by atoms with Crippen LogP contribution < -0.4 is 20.3 Å². The van der Waals surface area contributed by atoms with Crippen molar-refractivity contribution in [2.24, 2.45) is 0 Å². The third kappa shape index (κ3) is 5.09. The molecule has 162 valence electrons. The lowest BCUT2D eigenvalue weighted by molar-refractivity contribution is -0.121. The first kappa shape index (κ1) is 22.0. The van der Waals surface area contributed by atoms with E-state index >= 15 is 0 Å². The van der Waals surface area contributed by atoms with Crippen LogP contribution in [0.1, 0.15) is 18.2 Å². The quantitative estimate of drug-likeness (QED) is 0.600. The van der Waals surface area contributed by atoms with Gasteiger partial charge >= 0.3 is 0 Å².